The van der Waals surface area contributed by atoms with Gasteiger partial charge in [0, 0.05) is 24.1 Å². The molecule has 0 aliphatic heterocycles. The molecule has 0 bridgehead atoms. The van der Waals surface area contributed by atoms with Gasteiger partial charge in [-0.1, -0.05) is 66.7 Å². The number of nitrogens with zero attached hydrogens (tertiary/aromatic N) is 2. The summed E-state index contributed by atoms with van der Waals surface area (Å²) in [6, 6.07) is 29.5. The number of halogens is 1. The van der Waals surface area contributed by atoms with Crippen molar-refractivity contribution < 1.29 is 27.1 Å². The number of carbonyl (C=O) groups is 2. The third kappa shape index (κ3) is 9.64. The Morgan fingerprint density at radius 1 is 0.822 bits per heavy atom. The lowest BCUT2D eigenvalue weighted by Crippen LogP contribution is -2.56. The molecule has 0 saturated carbocycles. The van der Waals surface area contributed by atoms with Gasteiger partial charge in [0.05, 0.1) is 11.9 Å². The van der Waals surface area contributed by atoms with Gasteiger partial charge in [-0.25, -0.2) is 12.8 Å². The van der Waals surface area contributed by atoms with E-state index < -0.39 is 45.8 Å². The molecule has 4 rings (SSSR count). The summed E-state index contributed by atoms with van der Waals surface area (Å²) < 4.78 is 47.8. The summed E-state index contributed by atoms with van der Waals surface area (Å²) in [7, 11) is -3.96. The zero-order valence-electron chi connectivity index (χ0n) is 25.8. The van der Waals surface area contributed by atoms with Crippen molar-refractivity contribution in [1.82, 2.24) is 10.2 Å². The predicted molar refractivity (Wildman–Crippen MR) is 174 cm³/mol. The van der Waals surface area contributed by atoms with E-state index in [1.54, 1.807) is 42.5 Å². The first kappa shape index (κ1) is 33.2. The van der Waals surface area contributed by atoms with Gasteiger partial charge in [0.1, 0.15) is 29.9 Å². The number of sulfonamides is 1. The van der Waals surface area contributed by atoms with Crippen molar-refractivity contribution in [3.05, 3.63) is 126 Å². The third-order valence-corrected chi connectivity index (χ3v) is 7.99. The van der Waals surface area contributed by atoms with Crippen molar-refractivity contribution in [3.63, 3.8) is 0 Å². The molecular formula is C35H38FN3O5S. The van der Waals surface area contributed by atoms with E-state index in [4.69, 9.17) is 4.74 Å². The summed E-state index contributed by atoms with van der Waals surface area (Å²) >= 11 is 0. The van der Waals surface area contributed by atoms with Gasteiger partial charge in [-0.05, 0) is 68.8 Å². The summed E-state index contributed by atoms with van der Waals surface area (Å²) in [6.45, 7) is 4.61. The number of benzene rings is 4. The summed E-state index contributed by atoms with van der Waals surface area (Å²) in [6.07, 6.45) is 1.14. The maximum atomic E-state index is 14.9. The second-order valence-electron chi connectivity index (χ2n) is 11.7. The van der Waals surface area contributed by atoms with Gasteiger partial charge in [0.15, 0.2) is 0 Å². The van der Waals surface area contributed by atoms with Gasteiger partial charge >= 0.3 is 0 Å². The number of para-hydroxylation sites is 1. The Balaban J connectivity index is 1.70. The first-order valence-corrected chi connectivity index (χ1v) is 16.3. The molecule has 1 atom stereocenters. The molecule has 0 heterocycles. The predicted octanol–water partition coefficient (Wildman–Crippen LogP) is 5.94. The van der Waals surface area contributed by atoms with E-state index in [2.05, 4.69) is 5.32 Å². The molecule has 0 aromatic heterocycles. The molecule has 0 unspecified atom stereocenters. The van der Waals surface area contributed by atoms with Crippen LogP contribution in [0.4, 0.5) is 10.1 Å². The fourth-order valence-electron chi connectivity index (χ4n) is 4.74. The fourth-order valence-corrected chi connectivity index (χ4v) is 5.59. The topological polar surface area (TPSA) is 96.0 Å². The highest BCUT2D eigenvalue weighted by Gasteiger charge is 2.34. The highest BCUT2D eigenvalue weighted by atomic mass is 32.2. The normalized spacial score (nSPS) is 12.2. The lowest BCUT2D eigenvalue weighted by atomic mass is 10.0. The molecule has 2 amide bonds. The molecule has 0 radical (unpaired) electrons. The van der Waals surface area contributed by atoms with Gasteiger partial charge in [0.25, 0.3) is 0 Å². The lowest BCUT2D eigenvalue weighted by molar-refractivity contribution is -0.140. The van der Waals surface area contributed by atoms with Crippen LogP contribution < -0.4 is 14.4 Å². The van der Waals surface area contributed by atoms with Gasteiger partial charge < -0.3 is 15.0 Å². The maximum absolute atomic E-state index is 14.9. The van der Waals surface area contributed by atoms with Gasteiger partial charge in [0.2, 0.25) is 21.8 Å². The van der Waals surface area contributed by atoms with E-state index in [0.29, 0.717) is 11.5 Å². The first-order valence-electron chi connectivity index (χ1n) is 14.5. The van der Waals surface area contributed by atoms with E-state index in [0.717, 1.165) is 16.1 Å². The Bertz CT molecular complexity index is 1690. The van der Waals surface area contributed by atoms with Crippen LogP contribution in [0.2, 0.25) is 0 Å². The Morgan fingerprint density at radius 3 is 1.96 bits per heavy atom. The number of amides is 2. The van der Waals surface area contributed by atoms with Crippen molar-refractivity contribution in [2.75, 3.05) is 17.1 Å². The SMILES string of the molecule is CC(C)(C)NC(=O)[C@H](Cc1ccccc1)N(Cc1ccccc1F)C(=O)CN(c1ccc(Oc2ccccc2)cc1)S(C)(=O)=O. The van der Waals surface area contributed by atoms with Crippen molar-refractivity contribution in [2.24, 2.45) is 0 Å². The molecule has 45 heavy (non-hydrogen) atoms. The van der Waals surface area contributed by atoms with Crippen LogP contribution in [0.3, 0.4) is 0 Å². The van der Waals surface area contributed by atoms with Crippen molar-refractivity contribution in [2.45, 2.75) is 45.3 Å². The molecule has 10 heteroatoms. The number of anilines is 1. The maximum Gasteiger partial charge on any atom is 0.244 e. The molecule has 0 aliphatic rings. The zero-order valence-corrected chi connectivity index (χ0v) is 26.6. The van der Waals surface area contributed by atoms with Crippen LogP contribution in [0.1, 0.15) is 31.9 Å². The fraction of sp³-hybridized carbons (Fsp3) is 0.257. The summed E-state index contributed by atoms with van der Waals surface area (Å²) in [5.74, 6) is -0.559. The minimum atomic E-state index is -3.96. The summed E-state index contributed by atoms with van der Waals surface area (Å²) in [5.41, 5.74) is 0.588. The number of rotatable bonds is 12. The number of nitrogens with one attached hydrogen (secondary N) is 1. The van der Waals surface area contributed by atoms with Crippen LogP contribution in [0.5, 0.6) is 11.5 Å². The van der Waals surface area contributed by atoms with E-state index in [1.807, 2.05) is 69.3 Å². The second-order valence-corrected chi connectivity index (χ2v) is 13.6. The molecule has 1 N–H and O–H groups in total. The summed E-state index contributed by atoms with van der Waals surface area (Å²) in [5, 5.41) is 2.94. The Morgan fingerprint density at radius 2 is 1.38 bits per heavy atom. The quantitative estimate of drug-likeness (QED) is 0.209. The Labute approximate surface area is 264 Å². The van der Waals surface area contributed by atoms with E-state index in [-0.39, 0.29) is 24.2 Å². The van der Waals surface area contributed by atoms with Crippen LogP contribution in [0, 0.1) is 5.82 Å². The van der Waals surface area contributed by atoms with E-state index in [1.165, 1.54) is 23.1 Å². The smallest absolute Gasteiger partial charge is 0.244 e. The molecule has 0 fully saturated rings. The van der Waals surface area contributed by atoms with Gasteiger partial charge in [-0.3, -0.25) is 13.9 Å². The molecule has 236 valence electrons. The van der Waals surface area contributed by atoms with Crippen molar-refractivity contribution in [3.8, 4) is 11.5 Å². The monoisotopic (exact) mass is 631 g/mol. The van der Waals surface area contributed by atoms with Crippen LogP contribution in [-0.2, 0) is 32.6 Å². The Kier molecular flexibility index (Phi) is 10.6. The molecule has 4 aromatic rings. The standard InChI is InChI=1S/C35H38FN3O5S/c1-35(2,3)37-34(41)32(23-26-13-7-5-8-14-26)38(24-27-15-11-12-18-31(27)36)33(40)25-39(45(4,42)43)28-19-21-30(22-20-28)44-29-16-9-6-10-17-29/h5-22,32H,23-25H2,1-4H3,(H,37,41)/t32-/m0/s1. The van der Waals surface area contributed by atoms with E-state index >= 15 is 0 Å². The van der Waals surface area contributed by atoms with Crippen molar-refractivity contribution in [1.29, 1.82) is 0 Å². The average molecular weight is 632 g/mol. The number of carbonyl (C=O) groups excluding carboxylic acids is 2. The van der Waals surface area contributed by atoms with Crippen LogP contribution in [-0.4, -0.2) is 49.5 Å². The second kappa shape index (κ2) is 14.4. The zero-order chi connectivity index (χ0) is 32.6. The number of hydrogen-bond donors (Lipinski definition) is 1. The molecule has 0 saturated heterocycles. The minimum absolute atomic E-state index is 0.132. The van der Waals surface area contributed by atoms with Gasteiger partial charge in [-0.2, -0.15) is 0 Å². The van der Waals surface area contributed by atoms with Crippen LogP contribution >= 0.6 is 0 Å². The average Bonchev–Trinajstić information content (AvgIpc) is 2.98. The number of ether oxygens (including phenoxy) is 1. The number of hydrogen-bond acceptors (Lipinski definition) is 5. The lowest BCUT2D eigenvalue weighted by Gasteiger charge is -2.35. The summed E-state index contributed by atoms with van der Waals surface area (Å²) in [4.78, 5) is 29.2. The highest BCUT2D eigenvalue weighted by Crippen LogP contribution is 2.26. The molecule has 4 aromatic carbocycles. The first-order chi connectivity index (χ1) is 21.3. The molecular weight excluding hydrogens is 593 g/mol. The van der Waals surface area contributed by atoms with E-state index in [9.17, 15) is 22.4 Å². The van der Waals surface area contributed by atoms with Gasteiger partial charge in [-0.15, -0.1) is 0 Å². The molecule has 0 spiro atoms. The third-order valence-electron chi connectivity index (χ3n) is 6.85. The minimum Gasteiger partial charge on any atom is -0.457 e. The molecule has 0 aliphatic carbocycles. The van der Waals surface area contributed by atoms with Crippen LogP contribution in [0.15, 0.2) is 109 Å². The Hall–Kier alpha value is -4.70. The largest absolute Gasteiger partial charge is 0.457 e. The highest BCUT2D eigenvalue weighted by molar-refractivity contribution is 7.92. The molecule has 8 nitrogen and oxygen atoms in total. The van der Waals surface area contributed by atoms with Crippen molar-refractivity contribution >= 4 is 27.5 Å². The van der Waals surface area contributed by atoms with Crippen LogP contribution in [0.25, 0.3) is 0 Å².